The number of phosphoric acid groups is 1. The lowest BCUT2D eigenvalue weighted by molar-refractivity contribution is -0.285. The number of aliphatic hydroxyl groups excluding tert-OH is 1. The fraction of sp³-hybridized carbons (Fsp3) is 0.250. The highest BCUT2D eigenvalue weighted by Gasteiger charge is 2.52. The fourth-order valence-electron chi connectivity index (χ4n) is 4.35. The van der Waals surface area contributed by atoms with Crippen molar-refractivity contribution in [1.82, 2.24) is 0 Å². The highest BCUT2D eigenvalue weighted by molar-refractivity contribution is 7.49. The van der Waals surface area contributed by atoms with Crippen LogP contribution in [0.5, 0.6) is 11.5 Å². The van der Waals surface area contributed by atoms with Crippen LogP contribution in [0.15, 0.2) is 121 Å². The second-order valence-corrected chi connectivity index (χ2v) is 10.9. The van der Waals surface area contributed by atoms with Gasteiger partial charge in [-0.3, -0.25) is 0 Å². The second kappa shape index (κ2) is 14.6. The zero-order valence-corrected chi connectivity index (χ0v) is 23.4. The molecular weight excluding hydrogens is 562 g/mol. The molecule has 0 aliphatic carbocycles. The van der Waals surface area contributed by atoms with E-state index in [4.69, 9.17) is 29.2 Å². The van der Waals surface area contributed by atoms with Crippen LogP contribution in [0.1, 0.15) is 12.5 Å². The molecule has 0 saturated carbocycles. The van der Waals surface area contributed by atoms with Gasteiger partial charge in [0.2, 0.25) is 6.29 Å². The summed E-state index contributed by atoms with van der Waals surface area (Å²) in [6.45, 7) is -1.86. The van der Waals surface area contributed by atoms with Crippen molar-refractivity contribution < 1.29 is 43.2 Å². The molecule has 0 spiro atoms. The van der Waals surface area contributed by atoms with Crippen LogP contribution in [-0.2, 0) is 36.5 Å². The Morgan fingerprint density at radius 2 is 1.14 bits per heavy atom. The van der Waals surface area contributed by atoms with E-state index in [1.54, 1.807) is 36.4 Å². The Labute approximate surface area is 245 Å². The van der Waals surface area contributed by atoms with Crippen molar-refractivity contribution in [3.8, 4) is 11.5 Å². The molecule has 220 valence electrons. The number of halogens is 1. The van der Waals surface area contributed by atoms with Crippen LogP contribution in [0, 0.1) is 0 Å². The quantitative estimate of drug-likeness (QED) is 0.175. The minimum atomic E-state index is -4.62. The molecule has 8 nitrogen and oxygen atoms in total. The Hall–Kier alpha value is -3.56. The lowest BCUT2D eigenvalue weighted by Crippen LogP contribution is -2.59. The highest BCUT2D eigenvalue weighted by atomic mass is 31.2. The van der Waals surface area contributed by atoms with Crippen molar-refractivity contribution in [2.75, 3.05) is 6.58 Å². The summed E-state index contributed by atoms with van der Waals surface area (Å²) in [6, 6.07) is 34.5. The van der Waals surface area contributed by atoms with Gasteiger partial charge >= 0.3 is 7.82 Å². The van der Waals surface area contributed by atoms with Gasteiger partial charge in [0.1, 0.15) is 29.8 Å². The monoisotopic (exact) mass is 596 g/mol. The van der Waals surface area contributed by atoms with Crippen LogP contribution >= 0.6 is 7.82 Å². The maximum atomic E-state index is 16.4. The molecule has 1 saturated heterocycles. The zero-order chi connectivity index (χ0) is 30.1. The molecule has 0 aromatic heterocycles. The van der Waals surface area contributed by atoms with Crippen molar-refractivity contribution in [1.29, 1.82) is 0 Å². The van der Waals surface area contributed by atoms with Crippen LogP contribution in [0.4, 0.5) is 4.39 Å². The van der Waals surface area contributed by atoms with Gasteiger partial charge in [0.25, 0.3) is 0 Å². The van der Waals surface area contributed by atoms with Gasteiger partial charge in [-0.15, -0.1) is 0 Å². The summed E-state index contributed by atoms with van der Waals surface area (Å²) < 4.78 is 73.2. The largest absolute Gasteiger partial charge is 0.590 e. The third-order valence-electron chi connectivity index (χ3n) is 6.38. The van der Waals surface area contributed by atoms with Crippen LogP contribution < -0.4 is 9.05 Å². The van der Waals surface area contributed by atoms with E-state index >= 15 is 4.39 Å². The maximum Gasteiger partial charge on any atom is 0.590 e. The SMILES string of the molecule is [3H]C(O)[C@H]1O[C@H](OP(=O)(Oc2ccccc2)Oc2ccccc2)[C@H](F)[C@@H](OCc2ccccc2)[C@@H]1OCc1ccccc1. The van der Waals surface area contributed by atoms with Crippen LogP contribution in [0.25, 0.3) is 0 Å². The van der Waals surface area contributed by atoms with Crippen molar-refractivity contribution in [3.05, 3.63) is 132 Å². The van der Waals surface area contributed by atoms with Gasteiger partial charge in [-0.1, -0.05) is 97.1 Å². The van der Waals surface area contributed by atoms with Crippen LogP contribution in [-0.4, -0.2) is 42.5 Å². The highest BCUT2D eigenvalue weighted by Crippen LogP contribution is 2.52. The van der Waals surface area contributed by atoms with E-state index in [1.165, 1.54) is 24.3 Å². The number of phosphoric ester groups is 1. The Bertz CT molecular complexity index is 1390. The smallest absolute Gasteiger partial charge is 0.395 e. The number of para-hydroxylation sites is 2. The first-order valence-electron chi connectivity index (χ1n) is 14.0. The average molecular weight is 597 g/mol. The second-order valence-electron chi connectivity index (χ2n) is 9.45. The van der Waals surface area contributed by atoms with Gasteiger partial charge in [-0.05, 0) is 35.4 Å². The normalized spacial score (nSPS) is 23.5. The Kier molecular flexibility index (Phi) is 9.90. The molecule has 6 atom stereocenters. The van der Waals surface area contributed by atoms with E-state index < -0.39 is 45.2 Å². The number of ether oxygens (including phenoxy) is 3. The Morgan fingerprint density at radius 3 is 1.60 bits per heavy atom. The minimum Gasteiger partial charge on any atom is -0.395 e. The van der Waals surface area contributed by atoms with Gasteiger partial charge in [0.15, 0.2) is 6.17 Å². The van der Waals surface area contributed by atoms with E-state index in [9.17, 15) is 9.67 Å². The topological polar surface area (TPSA) is 92.7 Å². The third kappa shape index (κ3) is 8.04. The van der Waals surface area contributed by atoms with Gasteiger partial charge in [0.05, 0.1) is 21.2 Å². The summed E-state index contributed by atoms with van der Waals surface area (Å²) in [7, 11) is -4.62. The molecule has 42 heavy (non-hydrogen) atoms. The number of alkyl halides is 1. The molecule has 1 aliphatic rings. The molecule has 0 bridgehead atoms. The molecule has 0 radical (unpaired) electrons. The molecule has 1 heterocycles. The summed E-state index contributed by atoms with van der Waals surface area (Å²) in [5.74, 6) is 0.289. The summed E-state index contributed by atoms with van der Waals surface area (Å²) in [6.07, 6.45) is -8.07. The molecule has 1 N–H and O–H groups in total. The molecule has 4 aromatic carbocycles. The molecule has 10 heteroatoms. The molecule has 4 aromatic rings. The predicted molar refractivity (Wildman–Crippen MR) is 154 cm³/mol. The van der Waals surface area contributed by atoms with Crippen molar-refractivity contribution in [2.24, 2.45) is 0 Å². The predicted octanol–water partition coefficient (Wildman–Crippen LogP) is 6.50. The van der Waals surface area contributed by atoms with Crippen molar-refractivity contribution in [3.63, 3.8) is 0 Å². The van der Waals surface area contributed by atoms with Gasteiger partial charge in [0, 0.05) is 0 Å². The van der Waals surface area contributed by atoms with E-state index in [1.807, 2.05) is 60.7 Å². The summed E-state index contributed by atoms with van der Waals surface area (Å²) in [5.41, 5.74) is 1.54. The summed E-state index contributed by atoms with van der Waals surface area (Å²) >= 11 is 0. The Morgan fingerprint density at radius 1 is 0.714 bits per heavy atom. The first-order chi connectivity index (χ1) is 20.9. The van der Waals surface area contributed by atoms with Crippen molar-refractivity contribution in [2.45, 2.75) is 44.0 Å². The number of rotatable bonds is 13. The Balaban J connectivity index is 1.43. The van der Waals surface area contributed by atoms with E-state index in [0.717, 1.165) is 11.1 Å². The summed E-state index contributed by atoms with van der Waals surface area (Å²) in [4.78, 5) is 0. The number of aliphatic hydroxyl groups is 1. The lowest BCUT2D eigenvalue weighted by atomic mass is 9.99. The minimum absolute atomic E-state index is 0.0106. The summed E-state index contributed by atoms with van der Waals surface area (Å²) in [5, 5.41) is 10.4. The standard InChI is InChI=1S/C32H32FO8P/c33-29-31(37-23-25-15-7-2-8-16-25)30(36-22-24-13-5-1-6-14-24)28(21-34)38-32(29)41-42(35,39-26-17-9-3-10-18-26)40-27-19-11-4-12-20-27/h1-20,28-32,34H,21-23H2/t28-,29-,30-,31-,32-/m1/s1/i21T/t21?,28-,29-,30-,31-,32-. The molecule has 0 amide bonds. The first-order valence-corrected chi connectivity index (χ1v) is 14.8. The molecule has 1 fully saturated rings. The van der Waals surface area contributed by atoms with Gasteiger partial charge < -0.3 is 28.4 Å². The van der Waals surface area contributed by atoms with Crippen molar-refractivity contribution >= 4 is 7.82 Å². The van der Waals surface area contributed by atoms with E-state index in [-0.39, 0.29) is 24.7 Å². The first kappa shape index (κ1) is 28.6. The zero-order valence-electron chi connectivity index (χ0n) is 23.6. The molecular formula is C32H32FO8P. The fourth-order valence-corrected chi connectivity index (χ4v) is 5.66. The number of benzene rings is 4. The maximum absolute atomic E-state index is 16.4. The molecule has 1 unspecified atom stereocenters. The number of hydrogen-bond donors (Lipinski definition) is 1. The average Bonchev–Trinajstić information content (AvgIpc) is 3.02. The lowest BCUT2D eigenvalue weighted by Gasteiger charge is -2.42. The third-order valence-corrected chi connectivity index (χ3v) is 7.72. The van der Waals surface area contributed by atoms with E-state index in [2.05, 4.69) is 0 Å². The molecule has 5 rings (SSSR count). The van der Waals surface area contributed by atoms with Gasteiger partial charge in [-0.25, -0.2) is 13.5 Å². The van der Waals surface area contributed by atoms with Crippen LogP contribution in [0.2, 0.25) is 0 Å². The number of hydrogen-bond acceptors (Lipinski definition) is 8. The van der Waals surface area contributed by atoms with Gasteiger partial charge in [-0.2, -0.15) is 0 Å². The van der Waals surface area contributed by atoms with E-state index in [0.29, 0.717) is 0 Å². The van der Waals surface area contributed by atoms with Crippen LogP contribution in [0.3, 0.4) is 0 Å². The molecule has 1 aliphatic heterocycles.